The lowest BCUT2D eigenvalue weighted by Crippen LogP contribution is -2.16. The molecule has 0 radical (unpaired) electrons. The largest absolute Gasteiger partial charge is 0.407 e. The molecule has 0 saturated heterocycles. The number of H-pyrrole nitrogens is 1. The van der Waals surface area contributed by atoms with Crippen LogP contribution in [-0.2, 0) is 4.79 Å². The quantitative estimate of drug-likeness (QED) is 0.644. The van der Waals surface area contributed by atoms with E-state index in [0.29, 0.717) is 0 Å². The van der Waals surface area contributed by atoms with Crippen LogP contribution < -0.4 is 10.3 Å². The van der Waals surface area contributed by atoms with Crippen LogP contribution in [0.3, 0.4) is 0 Å². The lowest BCUT2D eigenvalue weighted by atomic mass is 10.5. The van der Waals surface area contributed by atoms with Gasteiger partial charge in [0.05, 0.1) is 5.75 Å². The lowest BCUT2D eigenvalue weighted by Gasteiger charge is -2.02. The maximum atomic E-state index is 11.5. The third-order valence-corrected chi connectivity index (χ3v) is 2.86. The van der Waals surface area contributed by atoms with Crippen molar-refractivity contribution in [2.75, 3.05) is 5.75 Å². The van der Waals surface area contributed by atoms with Crippen LogP contribution in [0.25, 0.3) is 0 Å². The molecule has 2 rings (SSSR count). The number of aromatic amines is 1. The molecule has 2 aromatic rings. The summed E-state index contributed by atoms with van der Waals surface area (Å²) in [6.07, 6.45) is 1.53. The Morgan fingerprint density at radius 1 is 1.42 bits per heavy atom. The van der Waals surface area contributed by atoms with Gasteiger partial charge < -0.3 is 4.74 Å². The standard InChI is InChI=1S/C11H10N4O3S/c1-7-10(17)13-11(15-14-7)19-6-9(16)18-8-4-2-3-5-12-8/h2-5H,6H2,1H3,(H,13,15,17). The number of nitrogens with zero attached hydrogens (tertiary/aromatic N) is 3. The molecule has 2 aromatic heterocycles. The van der Waals surface area contributed by atoms with Crippen LogP contribution in [0.2, 0.25) is 0 Å². The number of carbonyl (C=O) groups excluding carboxylic acids is 1. The maximum Gasteiger partial charge on any atom is 0.323 e. The smallest absolute Gasteiger partial charge is 0.323 e. The van der Waals surface area contributed by atoms with Crippen molar-refractivity contribution in [3.8, 4) is 5.88 Å². The van der Waals surface area contributed by atoms with Gasteiger partial charge in [-0.15, -0.1) is 10.2 Å². The molecule has 2 heterocycles. The van der Waals surface area contributed by atoms with Crippen LogP contribution in [0.4, 0.5) is 0 Å². The Hall–Kier alpha value is -2.22. The van der Waals surface area contributed by atoms with Gasteiger partial charge in [-0.25, -0.2) is 4.98 Å². The van der Waals surface area contributed by atoms with Crippen LogP contribution >= 0.6 is 11.8 Å². The van der Waals surface area contributed by atoms with E-state index in [4.69, 9.17) is 4.74 Å². The molecule has 0 bridgehead atoms. The van der Waals surface area contributed by atoms with Crippen LogP contribution in [0.1, 0.15) is 5.69 Å². The number of pyridine rings is 1. The van der Waals surface area contributed by atoms with E-state index in [-0.39, 0.29) is 28.0 Å². The van der Waals surface area contributed by atoms with Gasteiger partial charge >= 0.3 is 5.97 Å². The second kappa shape index (κ2) is 6.10. The summed E-state index contributed by atoms with van der Waals surface area (Å²) in [5.41, 5.74) is -0.0454. The van der Waals surface area contributed by atoms with E-state index in [1.54, 1.807) is 25.1 Å². The number of aryl methyl sites for hydroxylation is 1. The average Bonchev–Trinajstić information content (AvgIpc) is 2.41. The Morgan fingerprint density at radius 2 is 2.26 bits per heavy atom. The third kappa shape index (κ3) is 3.88. The maximum absolute atomic E-state index is 11.5. The number of rotatable bonds is 4. The summed E-state index contributed by atoms with van der Waals surface area (Å²) >= 11 is 1.04. The van der Waals surface area contributed by atoms with Crippen molar-refractivity contribution in [3.63, 3.8) is 0 Å². The van der Waals surface area contributed by atoms with E-state index in [2.05, 4.69) is 20.2 Å². The second-order valence-corrected chi connectivity index (χ2v) is 4.44. The fourth-order valence-corrected chi connectivity index (χ4v) is 1.70. The van der Waals surface area contributed by atoms with Crippen LogP contribution in [0.5, 0.6) is 5.88 Å². The highest BCUT2D eigenvalue weighted by molar-refractivity contribution is 7.99. The minimum Gasteiger partial charge on any atom is -0.407 e. The summed E-state index contributed by atoms with van der Waals surface area (Å²) in [5.74, 6) is -0.243. The monoisotopic (exact) mass is 278 g/mol. The first-order chi connectivity index (χ1) is 9.15. The van der Waals surface area contributed by atoms with E-state index >= 15 is 0 Å². The van der Waals surface area contributed by atoms with Crippen LogP contribution in [0, 0.1) is 6.92 Å². The molecule has 7 nitrogen and oxygen atoms in total. The normalized spacial score (nSPS) is 10.2. The summed E-state index contributed by atoms with van der Waals surface area (Å²) in [6, 6.07) is 5.01. The zero-order valence-corrected chi connectivity index (χ0v) is 10.8. The average molecular weight is 278 g/mol. The number of hydrogen-bond acceptors (Lipinski definition) is 7. The SMILES string of the molecule is Cc1nnc(SCC(=O)Oc2ccccn2)[nH]c1=O. The molecule has 0 atom stereocenters. The Labute approximate surface area is 112 Å². The van der Waals surface area contributed by atoms with Crippen molar-refractivity contribution >= 4 is 17.7 Å². The van der Waals surface area contributed by atoms with Gasteiger partial charge in [0.25, 0.3) is 5.56 Å². The van der Waals surface area contributed by atoms with E-state index in [9.17, 15) is 9.59 Å². The van der Waals surface area contributed by atoms with Gasteiger partial charge in [-0.05, 0) is 13.0 Å². The first-order valence-electron chi connectivity index (χ1n) is 5.33. The Bertz CT molecular complexity index is 629. The molecule has 8 heteroatoms. The van der Waals surface area contributed by atoms with Crippen LogP contribution in [-0.4, -0.2) is 31.9 Å². The third-order valence-electron chi connectivity index (χ3n) is 2.02. The van der Waals surface area contributed by atoms with Gasteiger partial charge in [0, 0.05) is 12.3 Å². The number of thioether (sulfide) groups is 1. The number of esters is 1. The number of ether oxygens (including phenoxy) is 1. The Kier molecular flexibility index (Phi) is 4.24. The highest BCUT2D eigenvalue weighted by atomic mass is 32.2. The fourth-order valence-electron chi connectivity index (χ4n) is 1.12. The molecule has 98 valence electrons. The minimum absolute atomic E-state index is 0.00422. The predicted octanol–water partition coefficient (Wildman–Crippen LogP) is 0.566. The Balaban J connectivity index is 1.90. The summed E-state index contributed by atoms with van der Waals surface area (Å²) in [6.45, 7) is 1.55. The first-order valence-corrected chi connectivity index (χ1v) is 6.32. The summed E-state index contributed by atoms with van der Waals surface area (Å²) in [4.78, 5) is 29.2. The number of carbonyl (C=O) groups is 1. The molecular formula is C11H10N4O3S. The molecule has 0 amide bonds. The van der Waals surface area contributed by atoms with Gasteiger partial charge in [0.15, 0.2) is 5.16 Å². The molecule has 0 fully saturated rings. The second-order valence-electron chi connectivity index (χ2n) is 3.48. The van der Waals surface area contributed by atoms with Gasteiger partial charge in [-0.1, -0.05) is 17.8 Å². The molecular weight excluding hydrogens is 268 g/mol. The fraction of sp³-hybridized carbons (Fsp3) is 0.182. The number of nitrogens with one attached hydrogen (secondary N) is 1. The van der Waals surface area contributed by atoms with E-state index in [0.717, 1.165) is 11.8 Å². The van der Waals surface area contributed by atoms with Gasteiger partial charge in [-0.3, -0.25) is 14.6 Å². The molecule has 0 aliphatic rings. The molecule has 1 N–H and O–H groups in total. The van der Waals surface area contributed by atoms with E-state index in [1.165, 1.54) is 6.20 Å². The predicted molar refractivity (Wildman–Crippen MR) is 68.0 cm³/mol. The van der Waals surface area contributed by atoms with Crippen molar-refractivity contribution in [1.29, 1.82) is 0 Å². The summed E-state index contributed by atoms with van der Waals surface area (Å²) in [5, 5.41) is 7.69. The van der Waals surface area contributed by atoms with Crippen molar-refractivity contribution in [1.82, 2.24) is 20.2 Å². The molecule has 0 aromatic carbocycles. The molecule has 0 unspecified atom stereocenters. The van der Waals surface area contributed by atoms with Gasteiger partial charge in [0.1, 0.15) is 5.69 Å². The molecule has 0 aliphatic carbocycles. The number of hydrogen-bond donors (Lipinski definition) is 1. The highest BCUT2D eigenvalue weighted by Crippen LogP contribution is 2.11. The molecule has 0 saturated carbocycles. The number of aromatic nitrogens is 4. The highest BCUT2D eigenvalue weighted by Gasteiger charge is 2.08. The molecule has 0 spiro atoms. The molecule has 0 aliphatic heterocycles. The van der Waals surface area contributed by atoms with Gasteiger partial charge in [0.2, 0.25) is 5.88 Å². The van der Waals surface area contributed by atoms with Crippen LogP contribution in [0.15, 0.2) is 34.3 Å². The van der Waals surface area contributed by atoms with E-state index in [1.807, 2.05) is 0 Å². The lowest BCUT2D eigenvalue weighted by molar-refractivity contribution is -0.131. The van der Waals surface area contributed by atoms with Crippen molar-refractivity contribution < 1.29 is 9.53 Å². The van der Waals surface area contributed by atoms with Crippen molar-refractivity contribution in [2.24, 2.45) is 0 Å². The minimum atomic E-state index is -0.480. The first kappa shape index (κ1) is 13.2. The van der Waals surface area contributed by atoms with Crippen molar-refractivity contribution in [3.05, 3.63) is 40.4 Å². The molecule has 19 heavy (non-hydrogen) atoms. The zero-order chi connectivity index (χ0) is 13.7. The topological polar surface area (TPSA) is 97.8 Å². The summed E-state index contributed by atoms with van der Waals surface area (Å²) < 4.78 is 4.98. The van der Waals surface area contributed by atoms with Gasteiger partial charge in [-0.2, -0.15) is 0 Å². The summed E-state index contributed by atoms with van der Waals surface area (Å²) in [7, 11) is 0. The van der Waals surface area contributed by atoms with E-state index < -0.39 is 5.97 Å². The van der Waals surface area contributed by atoms with Crippen molar-refractivity contribution in [2.45, 2.75) is 12.1 Å². The zero-order valence-electron chi connectivity index (χ0n) is 9.99. The Morgan fingerprint density at radius 3 is 2.95 bits per heavy atom.